The quantitative estimate of drug-likeness (QED) is 0.443. The van der Waals surface area contributed by atoms with Crippen LogP contribution in [-0.4, -0.2) is 27.1 Å². The average Bonchev–Trinajstić information content (AvgIpc) is 3.09. The second-order valence-corrected chi connectivity index (χ2v) is 9.18. The molecule has 0 saturated heterocycles. The standard InChI is InChI=1S/C23H21FN2O4S/c1-31(28,29)26(18-11-8-16(24)9-12-18)14-4-7-23(27)25-17-10-13-20-19-5-2-3-6-21(19)30-22(20)15-17/h2-3,5-6,8-13,15H,4,7,14H2,1H3,(H,25,27). The number of anilines is 2. The van der Waals surface area contributed by atoms with E-state index in [1.165, 1.54) is 28.6 Å². The number of nitrogens with one attached hydrogen (secondary N) is 1. The van der Waals surface area contributed by atoms with Crippen LogP contribution in [-0.2, 0) is 14.8 Å². The fourth-order valence-corrected chi connectivity index (χ4v) is 4.47. The molecule has 6 nitrogen and oxygen atoms in total. The van der Waals surface area contributed by atoms with Crippen molar-refractivity contribution in [3.05, 3.63) is 72.5 Å². The molecule has 0 radical (unpaired) electrons. The molecular weight excluding hydrogens is 419 g/mol. The van der Waals surface area contributed by atoms with Gasteiger partial charge in [-0.1, -0.05) is 18.2 Å². The number of hydrogen-bond acceptors (Lipinski definition) is 4. The summed E-state index contributed by atoms with van der Waals surface area (Å²) in [6, 6.07) is 18.4. The molecule has 1 N–H and O–H groups in total. The van der Waals surface area contributed by atoms with E-state index in [-0.39, 0.29) is 18.9 Å². The summed E-state index contributed by atoms with van der Waals surface area (Å²) in [6.45, 7) is 0.112. The zero-order valence-electron chi connectivity index (χ0n) is 16.8. The maximum Gasteiger partial charge on any atom is 0.232 e. The molecule has 1 heterocycles. The van der Waals surface area contributed by atoms with Gasteiger partial charge in [-0.3, -0.25) is 9.10 Å². The number of fused-ring (bicyclic) bond motifs is 3. The first-order chi connectivity index (χ1) is 14.8. The van der Waals surface area contributed by atoms with Crippen molar-refractivity contribution in [3.8, 4) is 0 Å². The van der Waals surface area contributed by atoms with Crippen LogP contribution in [0.15, 0.2) is 71.1 Å². The SMILES string of the molecule is CS(=O)(=O)N(CCCC(=O)Nc1ccc2c(c1)oc1ccccc12)c1ccc(F)cc1. The Morgan fingerprint density at radius 3 is 2.45 bits per heavy atom. The minimum Gasteiger partial charge on any atom is -0.456 e. The number of sulfonamides is 1. The van der Waals surface area contributed by atoms with Crippen molar-refractivity contribution in [2.24, 2.45) is 0 Å². The van der Waals surface area contributed by atoms with Gasteiger partial charge in [-0.25, -0.2) is 12.8 Å². The molecule has 8 heteroatoms. The highest BCUT2D eigenvalue weighted by molar-refractivity contribution is 7.92. The Bertz CT molecular complexity index is 1350. The molecule has 4 aromatic rings. The minimum absolute atomic E-state index is 0.112. The highest BCUT2D eigenvalue weighted by Crippen LogP contribution is 2.30. The zero-order valence-corrected chi connectivity index (χ0v) is 17.7. The molecule has 0 aliphatic carbocycles. The lowest BCUT2D eigenvalue weighted by molar-refractivity contribution is -0.116. The van der Waals surface area contributed by atoms with Gasteiger partial charge in [0.05, 0.1) is 11.9 Å². The predicted molar refractivity (Wildman–Crippen MR) is 120 cm³/mol. The monoisotopic (exact) mass is 440 g/mol. The molecule has 0 aliphatic heterocycles. The predicted octanol–water partition coefficient (Wildman–Crippen LogP) is 4.91. The maximum absolute atomic E-state index is 13.1. The van der Waals surface area contributed by atoms with Gasteiger partial charge in [0, 0.05) is 35.5 Å². The molecule has 0 spiro atoms. The molecule has 0 unspecified atom stereocenters. The summed E-state index contributed by atoms with van der Waals surface area (Å²) in [5, 5.41) is 4.80. The second kappa shape index (κ2) is 8.39. The Hall–Kier alpha value is -3.39. The summed E-state index contributed by atoms with van der Waals surface area (Å²) in [4.78, 5) is 12.4. The lowest BCUT2D eigenvalue weighted by Gasteiger charge is -2.22. The van der Waals surface area contributed by atoms with Crippen molar-refractivity contribution in [2.45, 2.75) is 12.8 Å². The van der Waals surface area contributed by atoms with Crippen molar-refractivity contribution < 1.29 is 22.0 Å². The van der Waals surface area contributed by atoms with E-state index in [4.69, 9.17) is 4.42 Å². The fourth-order valence-electron chi connectivity index (χ4n) is 3.50. The molecule has 1 aromatic heterocycles. The van der Waals surface area contributed by atoms with E-state index >= 15 is 0 Å². The van der Waals surface area contributed by atoms with E-state index in [0.717, 1.165) is 22.6 Å². The van der Waals surface area contributed by atoms with Crippen LogP contribution in [0.2, 0.25) is 0 Å². The molecule has 3 aromatic carbocycles. The van der Waals surface area contributed by atoms with E-state index in [1.54, 1.807) is 6.07 Å². The number of rotatable bonds is 7. The summed E-state index contributed by atoms with van der Waals surface area (Å²) in [7, 11) is -3.56. The molecule has 1 amide bonds. The number of para-hydroxylation sites is 1. The molecule has 0 aliphatic rings. The Balaban J connectivity index is 1.40. The fraction of sp³-hybridized carbons (Fsp3) is 0.174. The van der Waals surface area contributed by atoms with E-state index in [9.17, 15) is 17.6 Å². The number of halogens is 1. The summed E-state index contributed by atoms with van der Waals surface area (Å²) in [6.07, 6.45) is 1.52. The normalized spacial score (nSPS) is 11.7. The summed E-state index contributed by atoms with van der Waals surface area (Å²) in [5.74, 6) is -0.680. The number of nitrogens with zero attached hydrogens (tertiary/aromatic N) is 1. The molecule has 0 bridgehead atoms. The minimum atomic E-state index is -3.56. The Morgan fingerprint density at radius 1 is 1.00 bits per heavy atom. The third-order valence-corrected chi connectivity index (χ3v) is 6.14. The Labute approximate surface area is 179 Å². The van der Waals surface area contributed by atoms with Gasteiger partial charge in [0.1, 0.15) is 17.0 Å². The number of amides is 1. The number of carbonyl (C=O) groups excluding carboxylic acids is 1. The molecule has 0 saturated carbocycles. The smallest absolute Gasteiger partial charge is 0.232 e. The lowest BCUT2D eigenvalue weighted by Crippen LogP contribution is -2.31. The Morgan fingerprint density at radius 2 is 1.71 bits per heavy atom. The molecule has 0 fully saturated rings. The molecular formula is C23H21FN2O4S. The number of furan rings is 1. The van der Waals surface area contributed by atoms with Crippen LogP contribution in [0.5, 0.6) is 0 Å². The molecule has 31 heavy (non-hydrogen) atoms. The van der Waals surface area contributed by atoms with Crippen molar-refractivity contribution in [1.82, 2.24) is 0 Å². The lowest BCUT2D eigenvalue weighted by atomic mass is 10.1. The summed E-state index contributed by atoms with van der Waals surface area (Å²) in [5.41, 5.74) is 2.43. The first-order valence-corrected chi connectivity index (χ1v) is 11.6. The van der Waals surface area contributed by atoms with Gasteiger partial charge in [0.2, 0.25) is 15.9 Å². The Kier molecular flexibility index (Phi) is 5.65. The van der Waals surface area contributed by atoms with Crippen molar-refractivity contribution in [1.29, 1.82) is 0 Å². The first-order valence-electron chi connectivity index (χ1n) is 9.76. The van der Waals surface area contributed by atoms with Crippen LogP contribution in [0.25, 0.3) is 21.9 Å². The van der Waals surface area contributed by atoms with Gasteiger partial charge in [-0.2, -0.15) is 0 Å². The second-order valence-electron chi connectivity index (χ2n) is 7.27. The van der Waals surface area contributed by atoms with Gasteiger partial charge in [-0.05, 0) is 48.9 Å². The van der Waals surface area contributed by atoms with E-state index in [1.807, 2.05) is 36.4 Å². The van der Waals surface area contributed by atoms with Crippen LogP contribution in [0.1, 0.15) is 12.8 Å². The highest BCUT2D eigenvalue weighted by atomic mass is 32.2. The maximum atomic E-state index is 13.1. The largest absolute Gasteiger partial charge is 0.456 e. The molecule has 160 valence electrons. The van der Waals surface area contributed by atoms with Crippen LogP contribution >= 0.6 is 0 Å². The van der Waals surface area contributed by atoms with Crippen molar-refractivity contribution >= 4 is 49.2 Å². The number of carbonyl (C=O) groups is 1. The summed E-state index contributed by atoms with van der Waals surface area (Å²) >= 11 is 0. The van der Waals surface area contributed by atoms with Gasteiger partial charge in [0.15, 0.2) is 0 Å². The zero-order chi connectivity index (χ0) is 22.0. The van der Waals surface area contributed by atoms with Crippen LogP contribution < -0.4 is 9.62 Å². The van der Waals surface area contributed by atoms with Gasteiger partial charge >= 0.3 is 0 Å². The van der Waals surface area contributed by atoms with Crippen LogP contribution in [0.3, 0.4) is 0 Å². The van der Waals surface area contributed by atoms with E-state index < -0.39 is 15.8 Å². The molecule has 4 rings (SSSR count). The molecule has 0 atom stereocenters. The van der Waals surface area contributed by atoms with Gasteiger partial charge < -0.3 is 9.73 Å². The van der Waals surface area contributed by atoms with Crippen molar-refractivity contribution in [3.63, 3.8) is 0 Å². The van der Waals surface area contributed by atoms with Gasteiger partial charge in [-0.15, -0.1) is 0 Å². The third-order valence-electron chi connectivity index (χ3n) is 4.94. The van der Waals surface area contributed by atoms with E-state index in [2.05, 4.69) is 5.32 Å². The van der Waals surface area contributed by atoms with Crippen LogP contribution in [0, 0.1) is 5.82 Å². The third kappa shape index (κ3) is 4.69. The van der Waals surface area contributed by atoms with Crippen molar-refractivity contribution in [2.75, 3.05) is 22.4 Å². The van der Waals surface area contributed by atoms with Crippen LogP contribution in [0.4, 0.5) is 15.8 Å². The number of benzene rings is 3. The number of hydrogen-bond donors (Lipinski definition) is 1. The first kappa shape index (κ1) is 20.9. The summed E-state index contributed by atoms with van der Waals surface area (Å²) < 4.78 is 44.3. The highest BCUT2D eigenvalue weighted by Gasteiger charge is 2.18. The average molecular weight is 440 g/mol. The topological polar surface area (TPSA) is 79.6 Å². The van der Waals surface area contributed by atoms with Gasteiger partial charge in [0.25, 0.3) is 0 Å². The van der Waals surface area contributed by atoms with E-state index in [0.29, 0.717) is 23.4 Å².